The molecular formula is C14H25N3O2S. The van der Waals surface area contributed by atoms with Crippen LogP contribution >= 0.6 is 11.5 Å². The van der Waals surface area contributed by atoms with Gasteiger partial charge in [0.05, 0.1) is 17.2 Å². The van der Waals surface area contributed by atoms with E-state index in [1.165, 1.54) is 16.4 Å². The van der Waals surface area contributed by atoms with E-state index in [4.69, 9.17) is 4.74 Å². The Kier molecular flexibility index (Phi) is 5.49. The topological polar surface area (TPSA) is 58.5 Å². The molecule has 0 saturated carbocycles. The molecule has 1 N–H and O–H groups in total. The maximum atomic E-state index is 9.76. The quantitative estimate of drug-likeness (QED) is 0.869. The number of aliphatic hydroxyl groups excluding tert-OH is 1. The second kappa shape index (κ2) is 6.93. The summed E-state index contributed by atoms with van der Waals surface area (Å²) in [6, 6.07) is 0. The predicted molar refractivity (Wildman–Crippen MR) is 79.9 cm³/mol. The van der Waals surface area contributed by atoms with Crippen LogP contribution in [0.1, 0.15) is 43.2 Å². The molecule has 0 aromatic carbocycles. The molecule has 1 fully saturated rings. The van der Waals surface area contributed by atoms with Gasteiger partial charge in [0.25, 0.3) is 0 Å². The van der Waals surface area contributed by atoms with Crippen molar-refractivity contribution in [2.45, 2.75) is 39.2 Å². The van der Waals surface area contributed by atoms with E-state index in [0.717, 1.165) is 44.8 Å². The van der Waals surface area contributed by atoms with Crippen LogP contribution in [0.2, 0.25) is 0 Å². The number of hydrogen-bond acceptors (Lipinski definition) is 6. The van der Waals surface area contributed by atoms with Gasteiger partial charge in [0.2, 0.25) is 0 Å². The fourth-order valence-electron chi connectivity index (χ4n) is 2.81. The molecule has 5 nitrogen and oxygen atoms in total. The third kappa shape index (κ3) is 3.75. The second-order valence-corrected chi connectivity index (χ2v) is 7.02. The third-order valence-electron chi connectivity index (χ3n) is 4.04. The second-order valence-electron chi connectivity index (χ2n) is 6.18. The van der Waals surface area contributed by atoms with Gasteiger partial charge in [0.15, 0.2) is 0 Å². The fraction of sp³-hybridized carbons (Fsp3) is 0.857. The Balaban J connectivity index is 1.97. The Morgan fingerprint density at radius 1 is 1.40 bits per heavy atom. The number of ether oxygens (including phenoxy) is 1. The summed E-state index contributed by atoms with van der Waals surface area (Å²) in [5.41, 5.74) is 1.09. The van der Waals surface area contributed by atoms with Gasteiger partial charge < -0.3 is 14.7 Å². The Morgan fingerprint density at radius 2 is 2.10 bits per heavy atom. The highest BCUT2D eigenvalue weighted by Crippen LogP contribution is 2.31. The Hall–Kier alpha value is -0.560. The first kappa shape index (κ1) is 15.8. The molecule has 0 spiro atoms. The molecule has 1 aliphatic heterocycles. The minimum atomic E-state index is -0.0108. The molecular weight excluding hydrogens is 274 g/mol. The van der Waals surface area contributed by atoms with E-state index in [1.807, 2.05) is 0 Å². The molecule has 2 rings (SSSR count). The molecule has 0 atom stereocenters. The Morgan fingerprint density at radius 3 is 2.70 bits per heavy atom. The smallest absolute Gasteiger partial charge is 0.0826 e. The summed E-state index contributed by atoms with van der Waals surface area (Å²) >= 11 is 1.48. The van der Waals surface area contributed by atoms with Crippen molar-refractivity contribution in [1.29, 1.82) is 0 Å². The summed E-state index contributed by atoms with van der Waals surface area (Å²) in [7, 11) is 2.11. The summed E-state index contributed by atoms with van der Waals surface area (Å²) in [5.74, 6) is 0.409. The van der Waals surface area contributed by atoms with E-state index in [1.54, 1.807) is 0 Å². The Bertz CT molecular complexity index is 416. The molecule has 0 radical (unpaired) electrons. The lowest BCUT2D eigenvalue weighted by Gasteiger charge is -2.38. The standard InChI is InChI=1S/C14H25N3O2S/c1-11(2)13-12(20-16-15-13)8-17(3)9-14(10-18)4-6-19-7-5-14/h11,18H,4-10H2,1-3H3. The predicted octanol–water partition coefficient (Wildman–Crippen LogP) is 1.88. The van der Waals surface area contributed by atoms with Crippen LogP contribution in [0.15, 0.2) is 0 Å². The van der Waals surface area contributed by atoms with Crippen LogP contribution in [-0.2, 0) is 11.3 Å². The zero-order valence-corrected chi connectivity index (χ0v) is 13.4. The summed E-state index contributed by atoms with van der Waals surface area (Å²) in [6.07, 6.45) is 1.87. The van der Waals surface area contributed by atoms with Crippen LogP contribution in [0.3, 0.4) is 0 Å². The molecule has 0 amide bonds. The monoisotopic (exact) mass is 299 g/mol. The van der Waals surface area contributed by atoms with Crippen LogP contribution < -0.4 is 0 Å². The van der Waals surface area contributed by atoms with Crippen molar-refractivity contribution in [1.82, 2.24) is 14.5 Å². The van der Waals surface area contributed by atoms with Crippen molar-refractivity contribution in [3.63, 3.8) is 0 Å². The van der Waals surface area contributed by atoms with Gasteiger partial charge in [0, 0.05) is 31.7 Å². The van der Waals surface area contributed by atoms with Crippen molar-refractivity contribution < 1.29 is 9.84 Å². The summed E-state index contributed by atoms with van der Waals surface area (Å²) in [5, 5.41) is 14.0. The van der Waals surface area contributed by atoms with Gasteiger partial charge in [-0.2, -0.15) is 0 Å². The molecule has 6 heteroatoms. The molecule has 0 aliphatic carbocycles. The molecule has 1 aromatic heterocycles. The summed E-state index contributed by atoms with van der Waals surface area (Å²) < 4.78 is 9.49. The van der Waals surface area contributed by atoms with E-state index in [0.29, 0.717) is 5.92 Å². The average molecular weight is 299 g/mol. The zero-order chi connectivity index (χ0) is 14.6. The van der Waals surface area contributed by atoms with Crippen molar-refractivity contribution in [2.24, 2.45) is 5.41 Å². The minimum absolute atomic E-state index is 0.0108. The van der Waals surface area contributed by atoms with Gasteiger partial charge in [-0.05, 0) is 37.3 Å². The molecule has 1 aromatic rings. The van der Waals surface area contributed by atoms with Crippen molar-refractivity contribution in [2.75, 3.05) is 33.4 Å². The molecule has 2 heterocycles. The lowest BCUT2D eigenvalue weighted by atomic mass is 9.80. The molecule has 20 heavy (non-hydrogen) atoms. The minimum Gasteiger partial charge on any atom is -0.396 e. The lowest BCUT2D eigenvalue weighted by molar-refractivity contribution is -0.0317. The largest absolute Gasteiger partial charge is 0.396 e. The van der Waals surface area contributed by atoms with Crippen molar-refractivity contribution in [3.8, 4) is 0 Å². The van der Waals surface area contributed by atoms with Gasteiger partial charge in [-0.1, -0.05) is 18.3 Å². The van der Waals surface area contributed by atoms with Gasteiger partial charge in [0.1, 0.15) is 0 Å². The number of aromatic nitrogens is 2. The van der Waals surface area contributed by atoms with Gasteiger partial charge >= 0.3 is 0 Å². The Labute approximate surface area is 125 Å². The number of rotatable bonds is 6. The van der Waals surface area contributed by atoms with E-state index in [9.17, 15) is 5.11 Å². The van der Waals surface area contributed by atoms with Gasteiger partial charge in [-0.25, -0.2) is 0 Å². The van der Waals surface area contributed by atoms with Crippen molar-refractivity contribution in [3.05, 3.63) is 10.6 Å². The number of nitrogens with zero attached hydrogens (tertiary/aromatic N) is 3. The average Bonchev–Trinajstić information content (AvgIpc) is 2.88. The first-order valence-corrected chi connectivity index (χ1v) is 8.02. The highest BCUT2D eigenvalue weighted by atomic mass is 32.1. The number of aliphatic hydroxyl groups is 1. The van der Waals surface area contributed by atoms with Crippen LogP contribution in [0.5, 0.6) is 0 Å². The van der Waals surface area contributed by atoms with E-state index >= 15 is 0 Å². The van der Waals surface area contributed by atoms with E-state index in [2.05, 4.69) is 35.4 Å². The van der Waals surface area contributed by atoms with E-state index < -0.39 is 0 Å². The molecule has 0 bridgehead atoms. The molecule has 0 unspecified atom stereocenters. The normalized spacial score (nSPS) is 18.9. The first-order valence-electron chi connectivity index (χ1n) is 7.24. The highest BCUT2D eigenvalue weighted by molar-refractivity contribution is 7.05. The zero-order valence-electron chi connectivity index (χ0n) is 12.6. The third-order valence-corrected chi connectivity index (χ3v) is 4.76. The highest BCUT2D eigenvalue weighted by Gasteiger charge is 2.33. The summed E-state index contributed by atoms with van der Waals surface area (Å²) in [4.78, 5) is 3.52. The lowest BCUT2D eigenvalue weighted by Crippen LogP contribution is -2.42. The fourth-order valence-corrected chi connectivity index (χ4v) is 3.68. The maximum absolute atomic E-state index is 9.76. The molecule has 114 valence electrons. The van der Waals surface area contributed by atoms with Crippen LogP contribution in [0, 0.1) is 5.41 Å². The first-order chi connectivity index (χ1) is 9.56. The SMILES string of the molecule is CC(C)c1nnsc1CN(C)CC1(CO)CCOCC1. The molecule has 1 aliphatic rings. The summed E-state index contributed by atoms with van der Waals surface area (Å²) in [6.45, 7) is 7.79. The van der Waals surface area contributed by atoms with Crippen LogP contribution in [-0.4, -0.2) is 53.0 Å². The van der Waals surface area contributed by atoms with E-state index in [-0.39, 0.29) is 12.0 Å². The van der Waals surface area contributed by atoms with Gasteiger partial charge in [-0.15, -0.1) is 5.10 Å². The van der Waals surface area contributed by atoms with Gasteiger partial charge in [-0.3, -0.25) is 0 Å². The number of hydrogen-bond donors (Lipinski definition) is 1. The van der Waals surface area contributed by atoms with Crippen LogP contribution in [0.4, 0.5) is 0 Å². The van der Waals surface area contributed by atoms with Crippen molar-refractivity contribution >= 4 is 11.5 Å². The van der Waals surface area contributed by atoms with Crippen LogP contribution in [0.25, 0.3) is 0 Å². The maximum Gasteiger partial charge on any atom is 0.0826 e. The molecule has 1 saturated heterocycles.